The number of ether oxygens (including phenoxy) is 1. The number of rotatable bonds is 4. The van der Waals surface area contributed by atoms with Gasteiger partial charge < -0.3 is 4.74 Å². The van der Waals surface area contributed by atoms with E-state index in [2.05, 4.69) is 84.5 Å². The van der Waals surface area contributed by atoms with Gasteiger partial charge in [0, 0.05) is 28.1 Å². The predicted molar refractivity (Wildman–Crippen MR) is 109 cm³/mol. The second-order valence-corrected chi connectivity index (χ2v) is 8.26. The standard InChI is InChI=1S/C18H21I2NO2/c1-23-18(22)17-15(12-3-5-13(20)6-4-12)11-14-7-8-16(17)21(14)10-2-9-19/h2-6,9,14-17H,7-8,10-11H2,1H3/b9-2+/t14-,15?,16+,17?/m0/s1/i1-1. The van der Waals surface area contributed by atoms with E-state index in [1.165, 1.54) is 22.7 Å². The van der Waals surface area contributed by atoms with Crippen molar-refractivity contribution in [1.29, 1.82) is 0 Å². The van der Waals surface area contributed by atoms with Crippen LogP contribution in [0.15, 0.2) is 34.4 Å². The average molecular weight is 536 g/mol. The van der Waals surface area contributed by atoms with Crippen LogP contribution in [0.1, 0.15) is 30.7 Å². The molecular formula is C18H21I2NO2. The van der Waals surface area contributed by atoms with E-state index in [1.807, 2.05) is 0 Å². The van der Waals surface area contributed by atoms with E-state index in [0.29, 0.717) is 12.1 Å². The zero-order chi connectivity index (χ0) is 16.4. The number of methoxy groups -OCH3 is 1. The number of carbonyl (C=O) groups is 1. The van der Waals surface area contributed by atoms with E-state index < -0.39 is 0 Å². The minimum absolute atomic E-state index is 0.0534. The molecule has 0 saturated carbocycles. The van der Waals surface area contributed by atoms with Crippen molar-refractivity contribution in [2.75, 3.05) is 13.7 Å². The third-order valence-corrected chi connectivity index (χ3v) is 6.47. The first-order chi connectivity index (χ1) is 11.2. The molecule has 4 atom stereocenters. The molecule has 2 fully saturated rings. The van der Waals surface area contributed by atoms with Crippen molar-refractivity contribution >= 4 is 51.2 Å². The van der Waals surface area contributed by atoms with Crippen molar-refractivity contribution in [1.82, 2.24) is 4.90 Å². The number of carbonyl (C=O) groups excluding carboxylic acids is 1. The zero-order valence-corrected chi connectivity index (χ0v) is 17.4. The minimum atomic E-state index is -0.0542. The summed E-state index contributed by atoms with van der Waals surface area (Å²) in [5, 5.41) is 0. The SMILES string of the molecule is [11CH3]OC(=O)C1C(c2ccc(I)cc2)C[C@@H]2CC[C@H]1N2C/C=C/I. The first-order valence-electron chi connectivity index (χ1n) is 8.00. The minimum Gasteiger partial charge on any atom is -0.469 e. The summed E-state index contributed by atoms with van der Waals surface area (Å²) < 4.78 is 8.48. The topological polar surface area (TPSA) is 29.5 Å². The van der Waals surface area contributed by atoms with Crippen LogP contribution < -0.4 is 0 Å². The summed E-state index contributed by atoms with van der Waals surface area (Å²) in [4.78, 5) is 15.1. The van der Waals surface area contributed by atoms with Gasteiger partial charge in [0.2, 0.25) is 0 Å². The number of benzene rings is 1. The summed E-state index contributed by atoms with van der Waals surface area (Å²) >= 11 is 4.59. The Labute approximate surface area is 165 Å². The molecule has 0 amide bonds. The van der Waals surface area contributed by atoms with Crippen molar-refractivity contribution in [3.63, 3.8) is 0 Å². The van der Waals surface area contributed by atoms with E-state index in [4.69, 9.17) is 4.74 Å². The number of piperidine rings is 1. The lowest BCUT2D eigenvalue weighted by atomic mass is 9.76. The molecule has 1 aromatic carbocycles. The maximum Gasteiger partial charge on any atom is 0.310 e. The third kappa shape index (κ3) is 3.61. The van der Waals surface area contributed by atoms with E-state index >= 15 is 0 Å². The van der Waals surface area contributed by atoms with Crippen LogP contribution >= 0.6 is 45.2 Å². The molecule has 2 aliphatic heterocycles. The van der Waals surface area contributed by atoms with Crippen LogP contribution in [0, 0.1) is 9.49 Å². The highest BCUT2D eigenvalue weighted by Gasteiger charge is 2.50. The smallest absolute Gasteiger partial charge is 0.310 e. The van der Waals surface area contributed by atoms with Crippen molar-refractivity contribution in [3.8, 4) is 0 Å². The second-order valence-electron chi connectivity index (χ2n) is 6.30. The van der Waals surface area contributed by atoms with Crippen molar-refractivity contribution in [2.24, 2.45) is 5.92 Å². The molecule has 2 unspecified atom stereocenters. The van der Waals surface area contributed by atoms with Crippen molar-refractivity contribution in [2.45, 2.75) is 37.3 Å². The summed E-state index contributed by atoms with van der Waals surface area (Å²) in [5.74, 6) is 0.167. The molecular weight excluding hydrogens is 515 g/mol. The molecule has 2 aliphatic rings. The van der Waals surface area contributed by atoms with Gasteiger partial charge in [-0.05, 0) is 63.6 Å². The molecule has 2 saturated heterocycles. The molecule has 2 heterocycles. The van der Waals surface area contributed by atoms with Crippen molar-refractivity contribution in [3.05, 3.63) is 43.6 Å². The average Bonchev–Trinajstić information content (AvgIpc) is 2.84. The molecule has 0 spiro atoms. The zero-order valence-electron chi connectivity index (χ0n) is 13.1. The Morgan fingerprint density at radius 3 is 2.74 bits per heavy atom. The molecule has 23 heavy (non-hydrogen) atoms. The van der Waals surface area contributed by atoms with Gasteiger partial charge in [-0.3, -0.25) is 9.69 Å². The number of hydrogen-bond donors (Lipinski definition) is 0. The van der Waals surface area contributed by atoms with Gasteiger partial charge in [0.05, 0.1) is 13.0 Å². The number of nitrogens with zero attached hydrogens (tertiary/aromatic N) is 1. The van der Waals surface area contributed by atoms with Crippen LogP contribution in [-0.4, -0.2) is 36.6 Å². The Balaban J connectivity index is 1.91. The summed E-state index contributed by atoms with van der Waals surface area (Å²) in [6.45, 7) is 0.936. The molecule has 3 nitrogen and oxygen atoms in total. The lowest BCUT2D eigenvalue weighted by molar-refractivity contribution is -0.150. The monoisotopic (exact) mass is 536 g/mol. The van der Waals surface area contributed by atoms with E-state index in [0.717, 1.165) is 19.4 Å². The van der Waals surface area contributed by atoms with E-state index in [1.54, 1.807) is 0 Å². The normalized spacial score (nSPS) is 30.7. The molecule has 0 radical (unpaired) electrons. The van der Waals surface area contributed by atoms with Gasteiger partial charge in [-0.25, -0.2) is 0 Å². The Morgan fingerprint density at radius 2 is 2.09 bits per heavy atom. The van der Waals surface area contributed by atoms with Gasteiger partial charge in [-0.1, -0.05) is 40.8 Å². The van der Waals surface area contributed by atoms with Gasteiger partial charge in [0.1, 0.15) is 0 Å². The summed E-state index contributed by atoms with van der Waals surface area (Å²) in [6, 6.07) is 9.52. The Bertz CT molecular complexity index is 587. The molecule has 124 valence electrons. The van der Waals surface area contributed by atoms with Crippen LogP contribution in [0.4, 0.5) is 0 Å². The molecule has 0 aliphatic carbocycles. The van der Waals surface area contributed by atoms with Crippen LogP contribution in [-0.2, 0) is 9.53 Å². The Morgan fingerprint density at radius 1 is 1.35 bits per heavy atom. The third-order valence-electron chi connectivity index (χ3n) is 5.24. The maximum absolute atomic E-state index is 12.6. The highest BCUT2D eigenvalue weighted by Crippen LogP contribution is 2.47. The number of esters is 1. The number of hydrogen-bond acceptors (Lipinski definition) is 3. The van der Waals surface area contributed by atoms with Gasteiger partial charge in [0.15, 0.2) is 0 Å². The number of halogens is 2. The largest absolute Gasteiger partial charge is 0.469 e. The molecule has 2 bridgehead atoms. The first kappa shape index (κ1) is 17.7. The van der Waals surface area contributed by atoms with Crippen molar-refractivity contribution < 1.29 is 9.53 Å². The molecule has 0 aromatic heterocycles. The molecule has 3 rings (SSSR count). The lowest BCUT2D eigenvalue weighted by Crippen LogP contribution is -2.50. The first-order valence-corrected chi connectivity index (χ1v) is 10.3. The molecule has 0 N–H and O–H groups in total. The van der Waals surface area contributed by atoms with Gasteiger partial charge in [0.25, 0.3) is 0 Å². The molecule has 5 heteroatoms. The van der Waals surface area contributed by atoms with Crippen LogP contribution in [0.5, 0.6) is 0 Å². The predicted octanol–water partition coefficient (Wildman–Crippen LogP) is 4.35. The maximum atomic E-state index is 12.6. The second kappa shape index (κ2) is 7.82. The van der Waals surface area contributed by atoms with Gasteiger partial charge in [-0.2, -0.15) is 0 Å². The fourth-order valence-corrected chi connectivity index (χ4v) is 4.86. The molecule has 1 aromatic rings. The summed E-state index contributed by atoms with van der Waals surface area (Å²) in [5.41, 5.74) is 1.28. The quantitative estimate of drug-likeness (QED) is 0.424. The lowest BCUT2D eigenvalue weighted by Gasteiger charge is -2.43. The Hall–Kier alpha value is -0.150. The highest BCUT2D eigenvalue weighted by atomic mass is 127. The van der Waals surface area contributed by atoms with Crippen LogP contribution in [0.3, 0.4) is 0 Å². The fourth-order valence-electron chi connectivity index (χ4n) is 4.27. The summed E-state index contributed by atoms with van der Waals surface area (Å²) in [6.07, 6.45) is 5.52. The van der Waals surface area contributed by atoms with E-state index in [9.17, 15) is 4.79 Å². The summed E-state index contributed by atoms with van der Waals surface area (Å²) in [7, 11) is 1.52. The number of fused-ring (bicyclic) bond motifs is 2. The van der Waals surface area contributed by atoms with Gasteiger partial charge in [-0.15, -0.1) is 0 Å². The van der Waals surface area contributed by atoms with Gasteiger partial charge >= 0.3 is 5.97 Å². The highest BCUT2D eigenvalue weighted by molar-refractivity contribution is 14.1. The fraction of sp³-hybridized carbons (Fsp3) is 0.500. The van der Waals surface area contributed by atoms with E-state index in [-0.39, 0.29) is 17.8 Å². The Kier molecular flexibility index (Phi) is 6.01. The van der Waals surface area contributed by atoms with Crippen LogP contribution in [0.2, 0.25) is 0 Å². The van der Waals surface area contributed by atoms with Crippen LogP contribution in [0.25, 0.3) is 0 Å².